The Morgan fingerprint density at radius 3 is 2.56 bits per heavy atom. The third-order valence-electron chi connectivity index (χ3n) is 4.34. The molecule has 4 aromatic rings. The van der Waals surface area contributed by atoms with Crippen LogP contribution in [0.4, 0.5) is 5.82 Å². The molecule has 0 radical (unpaired) electrons. The van der Waals surface area contributed by atoms with Crippen LogP contribution in [0.2, 0.25) is 0 Å². The van der Waals surface area contributed by atoms with Gasteiger partial charge in [0.25, 0.3) is 5.91 Å². The molecule has 1 N–H and O–H groups in total. The third kappa shape index (κ3) is 3.17. The summed E-state index contributed by atoms with van der Waals surface area (Å²) < 4.78 is 1.78. The average molecular weight is 357 g/mol. The van der Waals surface area contributed by atoms with Gasteiger partial charge in [-0.2, -0.15) is 5.10 Å². The predicted molar refractivity (Wildman–Crippen MR) is 105 cm³/mol. The molecule has 134 valence electrons. The van der Waals surface area contributed by atoms with Gasteiger partial charge in [0.05, 0.1) is 22.3 Å². The number of hydrogen-bond acceptors (Lipinski definition) is 4. The molecule has 4 rings (SSSR count). The number of aromatic nitrogens is 4. The summed E-state index contributed by atoms with van der Waals surface area (Å²) in [7, 11) is 0. The first-order valence-electron chi connectivity index (χ1n) is 8.69. The van der Waals surface area contributed by atoms with Crippen LogP contribution in [0.1, 0.15) is 27.3 Å². The van der Waals surface area contributed by atoms with Crippen molar-refractivity contribution in [3.8, 4) is 5.69 Å². The topological polar surface area (TPSA) is 72.7 Å². The molecular weight excluding hydrogens is 338 g/mol. The van der Waals surface area contributed by atoms with E-state index in [1.165, 1.54) is 0 Å². The Labute approximate surface area is 156 Å². The van der Waals surface area contributed by atoms with Crippen molar-refractivity contribution in [2.75, 3.05) is 5.32 Å². The van der Waals surface area contributed by atoms with Crippen LogP contribution in [-0.4, -0.2) is 25.7 Å². The van der Waals surface area contributed by atoms with E-state index < -0.39 is 0 Å². The second-order valence-electron chi connectivity index (χ2n) is 6.52. The van der Waals surface area contributed by atoms with Crippen LogP contribution in [-0.2, 0) is 0 Å². The number of hydrogen-bond donors (Lipinski definition) is 1. The second kappa shape index (κ2) is 6.64. The first-order valence-corrected chi connectivity index (χ1v) is 8.69. The minimum atomic E-state index is -0.223. The summed E-state index contributed by atoms with van der Waals surface area (Å²) in [6.45, 7) is 5.72. The minimum absolute atomic E-state index is 0.223. The first kappa shape index (κ1) is 16.9. The van der Waals surface area contributed by atoms with Crippen LogP contribution in [0.15, 0.2) is 54.7 Å². The lowest BCUT2D eigenvalue weighted by Crippen LogP contribution is -2.14. The molecule has 3 aromatic heterocycles. The highest BCUT2D eigenvalue weighted by Gasteiger charge is 2.19. The zero-order valence-electron chi connectivity index (χ0n) is 15.4. The Balaban J connectivity index is 1.84. The number of pyridine rings is 2. The normalized spacial score (nSPS) is 10.9. The monoisotopic (exact) mass is 357 g/mol. The number of amides is 1. The average Bonchev–Trinajstić information content (AvgIpc) is 2.98. The quantitative estimate of drug-likeness (QED) is 0.602. The number of carbonyl (C=O) groups excluding carboxylic acids is 1. The lowest BCUT2D eigenvalue weighted by atomic mass is 10.1. The second-order valence-corrected chi connectivity index (χ2v) is 6.52. The zero-order chi connectivity index (χ0) is 19.0. The number of anilines is 1. The predicted octanol–water partition coefficient (Wildman–Crippen LogP) is 3.99. The van der Waals surface area contributed by atoms with Crippen LogP contribution in [0, 0.1) is 20.8 Å². The van der Waals surface area contributed by atoms with Crippen molar-refractivity contribution in [2.24, 2.45) is 0 Å². The lowest BCUT2D eigenvalue weighted by molar-refractivity contribution is 0.102. The number of carbonyl (C=O) groups is 1. The Bertz CT molecular complexity index is 1150. The molecule has 0 atom stereocenters. The molecule has 6 heteroatoms. The highest BCUT2D eigenvalue weighted by Crippen LogP contribution is 2.25. The Morgan fingerprint density at radius 1 is 1.04 bits per heavy atom. The summed E-state index contributed by atoms with van der Waals surface area (Å²) in [6.07, 6.45) is 1.68. The zero-order valence-corrected chi connectivity index (χ0v) is 15.4. The Morgan fingerprint density at radius 2 is 1.81 bits per heavy atom. The summed E-state index contributed by atoms with van der Waals surface area (Å²) in [6, 6.07) is 15.3. The van der Waals surface area contributed by atoms with Crippen LogP contribution < -0.4 is 5.32 Å². The van der Waals surface area contributed by atoms with Gasteiger partial charge in [0.1, 0.15) is 5.82 Å². The molecule has 0 spiro atoms. The van der Waals surface area contributed by atoms with Crippen molar-refractivity contribution in [1.82, 2.24) is 19.7 Å². The summed E-state index contributed by atoms with van der Waals surface area (Å²) in [4.78, 5) is 21.8. The lowest BCUT2D eigenvalue weighted by Gasteiger charge is -2.08. The van der Waals surface area contributed by atoms with E-state index in [1.54, 1.807) is 16.9 Å². The van der Waals surface area contributed by atoms with E-state index in [2.05, 4.69) is 20.4 Å². The Kier molecular flexibility index (Phi) is 4.16. The van der Waals surface area contributed by atoms with Gasteiger partial charge in [-0.1, -0.05) is 18.2 Å². The van der Waals surface area contributed by atoms with E-state index in [4.69, 9.17) is 0 Å². The number of benzene rings is 1. The SMILES string of the molecule is Cc1ccnc(NC(=O)c2cc(C)nc3c2c(C)nn3-c2ccccc2)c1. The maximum atomic E-state index is 13.0. The van der Waals surface area contributed by atoms with E-state index in [9.17, 15) is 4.79 Å². The summed E-state index contributed by atoms with van der Waals surface area (Å²) in [5.74, 6) is 0.301. The number of para-hydroxylation sites is 1. The molecule has 0 saturated heterocycles. The fourth-order valence-corrected chi connectivity index (χ4v) is 3.13. The molecule has 1 aromatic carbocycles. The van der Waals surface area contributed by atoms with Crippen molar-refractivity contribution >= 4 is 22.8 Å². The van der Waals surface area contributed by atoms with Gasteiger partial charge in [-0.25, -0.2) is 14.6 Å². The number of aryl methyl sites for hydroxylation is 3. The van der Waals surface area contributed by atoms with Gasteiger partial charge >= 0.3 is 0 Å². The molecule has 0 aliphatic rings. The van der Waals surface area contributed by atoms with Gasteiger partial charge in [-0.3, -0.25) is 4.79 Å². The van der Waals surface area contributed by atoms with Crippen LogP contribution in [0.3, 0.4) is 0 Å². The van der Waals surface area contributed by atoms with Gasteiger partial charge in [-0.15, -0.1) is 0 Å². The van der Waals surface area contributed by atoms with Crippen molar-refractivity contribution in [1.29, 1.82) is 0 Å². The third-order valence-corrected chi connectivity index (χ3v) is 4.34. The molecule has 3 heterocycles. The molecule has 0 aliphatic heterocycles. The van der Waals surface area contributed by atoms with Gasteiger partial charge in [0, 0.05) is 11.9 Å². The molecule has 0 saturated carbocycles. The fraction of sp³-hybridized carbons (Fsp3) is 0.143. The van der Waals surface area contributed by atoms with E-state index in [1.807, 2.05) is 63.2 Å². The van der Waals surface area contributed by atoms with E-state index >= 15 is 0 Å². The van der Waals surface area contributed by atoms with E-state index in [0.717, 1.165) is 28.0 Å². The fourth-order valence-electron chi connectivity index (χ4n) is 3.13. The maximum absolute atomic E-state index is 13.0. The largest absolute Gasteiger partial charge is 0.307 e. The molecule has 6 nitrogen and oxygen atoms in total. The van der Waals surface area contributed by atoms with Gasteiger partial charge < -0.3 is 5.32 Å². The number of rotatable bonds is 3. The molecular formula is C21H19N5O. The summed E-state index contributed by atoms with van der Waals surface area (Å²) in [5, 5.41) is 8.25. The summed E-state index contributed by atoms with van der Waals surface area (Å²) >= 11 is 0. The highest BCUT2D eigenvalue weighted by molar-refractivity contribution is 6.12. The number of nitrogens with zero attached hydrogens (tertiary/aromatic N) is 4. The van der Waals surface area contributed by atoms with Gasteiger partial charge in [0.15, 0.2) is 5.65 Å². The molecule has 27 heavy (non-hydrogen) atoms. The number of fused-ring (bicyclic) bond motifs is 1. The highest BCUT2D eigenvalue weighted by atomic mass is 16.1. The Hall–Kier alpha value is -3.54. The number of nitrogens with one attached hydrogen (secondary N) is 1. The van der Waals surface area contributed by atoms with Crippen LogP contribution >= 0.6 is 0 Å². The van der Waals surface area contributed by atoms with Crippen molar-refractivity contribution in [3.63, 3.8) is 0 Å². The van der Waals surface area contributed by atoms with Gasteiger partial charge in [0.2, 0.25) is 0 Å². The standard InChI is InChI=1S/C21H19N5O/c1-13-9-10-22-18(11-13)24-21(27)17-12-14(2)23-20-19(17)15(3)25-26(20)16-7-5-4-6-8-16/h4-12H,1-3H3,(H,22,24,27). The molecule has 0 fully saturated rings. The van der Waals surface area contributed by atoms with Gasteiger partial charge in [-0.05, 0) is 56.7 Å². The van der Waals surface area contributed by atoms with E-state index in [0.29, 0.717) is 17.0 Å². The van der Waals surface area contributed by atoms with Crippen molar-refractivity contribution < 1.29 is 4.79 Å². The molecule has 1 amide bonds. The van der Waals surface area contributed by atoms with E-state index in [-0.39, 0.29) is 5.91 Å². The summed E-state index contributed by atoms with van der Waals surface area (Å²) in [5.41, 5.74) is 4.65. The molecule has 0 aliphatic carbocycles. The minimum Gasteiger partial charge on any atom is -0.307 e. The smallest absolute Gasteiger partial charge is 0.257 e. The molecule has 0 bridgehead atoms. The van der Waals surface area contributed by atoms with Crippen molar-refractivity contribution in [2.45, 2.75) is 20.8 Å². The van der Waals surface area contributed by atoms with Crippen molar-refractivity contribution in [3.05, 3.63) is 77.2 Å². The van der Waals surface area contributed by atoms with Crippen LogP contribution in [0.25, 0.3) is 16.7 Å². The van der Waals surface area contributed by atoms with Crippen LogP contribution in [0.5, 0.6) is 0 Å². The first-order chi connectivity index (χ1) is 13.0. The maximum Gasteiger partial charge on any atom is 0.257 e. The molecule has 0 unspecified atom stereocenters.